The SMILES string of the molecule is CC(C)(C)c1nsc(NC2CCCCC2N)n1. The first-order valence-electron chi connectivity index (χ1n) is 6.33. The molecule has 1 aliphatic carbocycles. The molecule has 2 unspecified atom stereocenters. The van der Waals surface area contributed by atoms with E-state index in [4.69, 9.17) is 5.73 Å². The third-order valence-electron chi connectivity index (χ3n) is 3.23. The van der Waals surface area contributed by atoms with Crippen LogP contribution in [-0.4, -0.2) is 21.4 Å². The van der Waals surface area contributed by atoms with Crippen LogP contribution in [0.15, 0.2) is 0 Å². The first kappa shape index (κ1) is 12.8. The Balaban J connectivity index is 2.01. The zero-order valence-electron chi connectivity index (χ0n) is 10.9. The Morgan fingerprint density at radius 2 is 2.00 bits per heavy atom. The van der Waals surface area contributed by atoms with Crippen LogP contribution >= 0.6 is 11.5 Å². The summed E-state index contributed by atoms with van der Waals surface area (Å²) in [4.78, 5) is 4.55. The summed E-state index contributed by atoms with van der Waals surface area (Å²) < 4.78 is 4.41. The van der Waals surface area contributed by atoms with Gasteiger partial charge in [-0.25, -0.2) is 4.98 Å². The van der Waals surface area contributed by atoms with Crippen molar-refractivity contribution in [3.05, 3.63) is 5.82 Å². The molecule has 1 aromatic heterocycles. The Hall–Kier alpha value is -0.680. The lowest BCUT2D eigenvalue weighted by Gasteiger charge is -2.28. The number of nitrogens with two attached hydrogens (primary N) is 1. The largest absolute Gasteiger partial charge is 0.356 e. The summed E-state index contributed by atoms with van der Waals surface area (Å²) in [5, 5.41) is 4.36. The average Bonchev–Trinajstić information content (AvgIpc) is 2.69. The molecule has 2 rings (SSSR count). The molecule has 1 aliphatic rings. The lowest BCUT2D eigenvalue weighted by Crippen LogP contribution is -2.42. The van der Waals surface area contributed by atoms with Gasteiger partial charge in [0.05, 0.1) is 0 Å². The van der Waals surface area contributed by atoms with Crippen molar-refractivity contribution in [1.29, 1.82) is 0 Å². The number of nitrogens with zero attached hydrogens (tertiary/aromatic N) is 2. The molecule has 4 nitrogen and oxygen atoms in total. The van der Waals surface area contributed by atoms with E-state index in [-0.39, 0.29) is 11.5 Å². The fourth-order valence-corrected chi connectivity index (χ4v) is 2.90. The average molecular weight is 254 g/mol. The van der Waals surface area contributed by atoms with Gasteiger partial charge in [0.2, 0.25) is 5.13 Å². The molecule has 0 radical (unpaired) electrons. The monoisotopic (exact) mass is 254 g/mol. The fraction of sp³-hybridized carbons (Fsp3) is 0.833. The van der Waals surface area contributed by atoms with E-state index in [0.29, 0.717) is 6.04 Å². The van der Waals surface area contributed by atoms with E-state index in [1.165, 1.54) is 24.4 Å². The van der Waals surface area contributed by atoms with Gasteiger partial charge >= 0.3 is 0 Å². The number of hydrogen-bond donors (Lipinski definition) is 2. The van der Waals surface area contributed by atoms with Crippen molar-refractivity contribution in [2.24, 2.45) is 5.73 Å². The molecule has 96 valence electrons. The summed E-state index contributed by atoms with van der Waals surface area (Å²) in [5.41, 5.74) is 6.13. The van der Waals surface area contributed by atoms with E-state index < -0.39 is 0 Å². The predicted octanol–water partition coefficient (Wildman–Crippen LogP) is 2.52. The van der Waals surface area contributed by atoms with Crippen molar-refractivity contribution >= 4 is 16.7 Å². The number of nitrogens with one attached hydrogen (secondary N) is 1. The number of anilines is 1. The van der Waals surface area contributed by atoms with Crippen LogP contribution < -0.4 is 11.1 Å². The Labute approximate surface area is 107 Å². The van der Waals surface area contributed by atoms with Crippen molar-refractivity contribution in [2.45, 2.75) is 64.0 Å². The van der Waals surface area contributed by atoms with E-state index >= 15 is 0 Å². The number of aromatic nitrogens is 2. The molecule has 1 aromatic rings. The molecule has 0 aliphatic heterocycles. The highest BCUT2D eigenvalue weighted by molar-refractivity contribution is 7.09. The molecular weight excluding hydrogens is 232 g/mol. The maximum Gasteiger partial charge on any atom is 0.202 e. The van der Waals surface area contributed by atoms with Crippen molar-refractivity contribution in [3.63, 3.8) is 0 Å². The molecule has 2 atom stereocenters. The van der Waals surface area contributed by atoms with Crippen molar-refractivity contribution in [1.82, 2.24) is 9.36 Å². The molecule has 17 heavy (non-hydrogen) atoms. The van der Waals surface area contributed by atoms with Gasteiger partial charge in [0.25, 0.3) is 0 Å². The first-order chi connectivity index (χ1) is 7.97. The molecule has 1 heterocycles. The molecule has 0 saturated heterocycles. The quantitative estimate of drug-likeness (QED) is 0.851. The van der Waals surface area contributed by atoms with Gasteiger partial charge in [-0.1, -0.05) is 33.6 Å². The van der Waals surface area contributed by atoms with Crippen LogP contribution in [0, 0.1) is 0 Å². The van der Waals surface area contributed by atoms with Crippen LogP contribution in [0.5, 0.6) is 0 Å². The van der Waals surface area contributed by atoms with Gasteiger partial charge in [-0.05, 0) is 12.8 Å². The van der Waals surface area contributed by atoms with Crippen LogP contribution in [0.3, 0.4) is 0 Å². The molecule has 3 N–H and O–H groups in total. The van der Waals surface area contributed by atoms with Crippen molar-refractivity contribution in [3.8, 4) is 0 Å². The van der Waals surface area contributed by atoms with Gasteiger partial charge in [-0.2, -0.15) is 4.37 Å². The van der Waals surface area contributed by atoms with Gasteiger partial charge in [0, 0.05) is 29.0 Å². The van der Waals surface area contributed by atoms with E-state index in [9.17, 15) is 0 Å². The Kier molecular flexibility index (Phi) is 3.68. The maximum atomic E-state index is 6.11. The summed E-state index contributed by atoms with van der Waals surface area (Å²) in [6, 6.07) is 0.621. The Bertz CT molecular complexity index is 369. The summed E-state index contributed by atoms with van der Waals surface area (Å²) in [6.45, 7) is 6.39. The first-order valence-corrected chi connectivity index (χ1v) is 7.10. The minimum atomic E-state index is 0.0190. The highest BCUT2D eigenvalue weighted by Crippen LogP contribution is 2.25. The Morgan fingerprint density at radius 3 is 2.59 bits per heavy atom. The highest BCUT2D eigenvalue weighted by atomic mass is 32.1. The summed E-state index contributed by atoms with van der Waals surface area (Å²) >= 11 is 1.44. The second kappa shape index (κ2) is 4.90. The highest BCUT2D eigenvalue weighted by Gasteiger charge is 2.24. The minimum Gasteiger partial charge on any atom is -0.356 e. The fourth-order valence-electron chi connectivity index (χ4n) is 2.08. The van der Waals surface area contributed by atoms with Crippen LogP contribution in [0.2, 0.25) is 0 Å². The van der Waals surface area contributed by atoms with Crippen molar-refractivity contribution in [2.75, 3.05) is 5.32 Å². The molecule has 0 bridgehead atoms. The minimum absolute atomic E-state index is 0.0190. The van der Waals surface area contributed by atoms with Gasteiger partial charge in [-0.15, -0.1) is 0 Å². The second-order valence-corrected chi connectivity index (χ2v) is 6.62. The van der Waals surface area contributed by atoms with Gasteiger partial charge in [0.1, 0.15) is 5.82 Å². The lowest BCUT2D eigenvalue weighted by molar-refractivity contribution is 0.404. The molecule has 0 spiro atoms. The van der Waals surface area contributed by atoms with Gasteiger partial charge in [-0.3, -0.25) is 0 Å². The molecule has 1 fully saturated rings. The molecule has 1 saturated carbocycles. The molecular formula is C12H22N4S. The third kappa shape index (κ3) is 3.16. The maximum absolute atomic E-state index is 6.11. The van der Waals surface area contributed by atoms with Crippen molar-refractivity contribution < 1.29 is 0 Å². The zero-order valence-corrected chi connectivity index (χ0v) is 11.7. The van der Waals surface area contributed by atoms with Gasteiger partial charge in [0.15, 0.2) is 0 Å². The smallest absolute Gasteiger partial charge is 0.202 e. The van der Waals surface area contributed by atoms with E-state index in [2.05, 4.69) is 35.4 Å². The zero-order chi connectivity index (χ0) is 12.5. The van der Waals surface area contributed by atoms with Crippen LogP contribution in [0.25, 0.3) is 0 Å². The molecule has 5 heteroatoms. The van der Waals surface area contributed by atoms with Crippen LogP contribution in [0.4, 0.5) is 5.13 Å². The van der Waals surface area contributed by atoms with Gasteiger partial charge < -0.3 is 11.1 Å². The van der Waals surface area contributed by atoms with Crippen LogP contribution in [0.1, 0.15) is 52.3 Å². The van der Waals surface area contributed by atoms with E-state index in [1.54, 1.807) is 0 Å². The molecule has 0 amide bonds. The standard InChI is InChI=1S/C12H22N4S/c1-12(2,3)10-15-11(17-16-10)14-9-7-5-4-6-8(9)13/h8-9H,4-7,13H2,1-3H3,(H,14,15,16). The topological polar surface area (TPSA) is 63.8 Å². The van der Waals surface area contributed by atoms with E-state index in [1.807, 2.05) is 0 Å². The lowest BCUT2D eigenvalue weighted by atomic mass is 9.91. The third-order valence-corrected chi connectivity index (χ3v) is 3.87. The van der Waals surface area contributed by atoms with Crippen LogP contribution in [-0.2, 0) is 5.41 Å². The number of hydrogen-bond acceptors (Lipinski definition) is 5. The predicted molar refractivity (Wildman–Crippen MR) is 72.5 cm³/mol. The summed E-state index contributed by atoms with van der Waals surface area (Å²) in [7, 11) is 0. The summed E-state index contributed by atoms with van der Waals surface area (Å²) in [6.07, 6.45) is 4.77. The van der Waals surface area contributed by atoms with E-state index in [0.717, 1.165) is 23.8 Å². The number of rotatable bonds is 2. The second-order valence-electron chi connectivity index (χ2n) is 5.87. The normalized spacial score (nSPS) is 25.9. The summed E-state index contributed by atoms with van der Waals surface area (Å²) in [5.74, 6) is 0.911. The Morgan fingerprint density at radius 1 is 1.29 bits per heavy atom. The molecule has 0 aromatic carbocycles.